The maximum atomic E-state index is 10.5. The number of hydrogen-bond acceptors (Lipinski definition) is 3. The molecule has 0 amide bonds. The Morgan fingerprint density at radius 1 is 1.60 bits per heavy atom. The van der Waals surface area contributed by atoms with Gasteiger partial charge in [0, 0.05) is 0 Å². The maximum Gasteiger partial charge on any atom is 0.309 e. The Morgan fingerprint density at radius 2 is 2.27 bits per heavy atom. The number of carboxylic acids is 1. The summed E-state index contributed by atoms with van der Waals surface area (Å²) in [6.07, 6.45) is 0. The number of carboxylic acid groups (broad SMARTS) is 1. The van der Waals surface area contributed by atoms with Gasteiger partial charge in [0.15, 0.2) is 0 Å². The maximum absolute atomic E-state index is 10.5. The first kappa shape index (κ1) is 11.1. The highest BCUT2D eigenvalue weighted by Gasteiger charge is 2.12. The van der Waals surface area contributed by atoms with Crippen LogP contribution in [0.25, 0.3) is 0 Å². The highest BCUT2D eigenvalue weighted by atomic mass is 16.5. The third-order valence-corrected chi connectivity index (χ3v) is 1.92. The summed E-state index contributed by atoms with van der Waals surface area (Å²) >= 11 is 0. The molecule has 0 fully saturated rings. The zero-order valence-electron chi connectivity index (χ0n) is 8.30. The van der Waals surface area contributed by atoms with Crippen LogP contribution in [0.2, 0.25) is 0 Å². The second kappa shape index (κ2) is 5.01. The predicted molar refractivity (Wildman–Crippen MR) is 53.5 cm³/mol. The van der Waals surface area contributed by atoms with Crippen LogP contribution < -0.4 is 4.74 Å². The zero-order valence-corrected chi connectivity index (χ0v) is 8.30. The van der Waals surface area contributed by atoms with Gasteiger partial charge in [0.2, 0.25) is 0 Å². The van der Waals surface area contributed by atoms with E-state index < -0.39 is 11.9 Å². The van der Waals surface area contributed by atoms with Gasteiger partial charge in [-0.2, -0.15) is 5.26 Å². The van der Waals surface area contributed by atoms with Gasteiger partial charge in [0.1, 0.15) is 18.4 Å². The molecule has 78 valence electrons. The SMILES string of the molecule is CC(COc1ccccc1C#N)C(=O)O. The number of carbonyl (C=O) groups is 1. The van der Waals surface area contributed by atoms with Crippen molar-refractivity contribution in [1.29, 1.82) is 5.26 Å². The molecule has 1 aromatic carbocycles. The normalized spacial score (nSPS) is 11.5. The summed E-state index contributed by atoms with van der Waals surface area (Å²) in [6.45, 7) is 1.62. The Hall–Kier alpha value is -2.02. The number of benzene rings is 1. The molecule has 0 aliphatic rings. The van der Waals surface area contributed by atoms with Crippen molar-refractivity contribution in [3.05, 3.63) is 29.8 Å². The van der Waals surface area contributed by atoms with Gasteiger partial charge in [-0.05, 0) is 19.1 Å². The van der Waals surface area contributed by atoms with Crippen molar-refractivity contribution >= 4 is 5.97 Å². The lowest BCUT2D eigenvalue weighted by Crippen LogP contribution is -2.18. The second-order valence-electron chi connectivity index (χ2n) is 3.16. The second-order valence-corrected chi connectivity index (χ2v) is 3.16. The van der Waals surface area contributed by atoms with Crippen LogP contribution in [-0.2, 0) is 4.79 Å². The van der Waals surface area contributed by atoms with Crippen LogP contribution in [-0.4, -0.2) is 17.7 Å². The van der Waals surface area contributed by atoms with Crippen molar-refractivity contribution in [3.8, 4) is 11.8 Å². The van der Waals surface area contributed by atoms with Crippen molar-refractivity contribution in [2.75, 3.05) is 6.61 Å². The van der Waals surface area contributed by atoms with Gasteiger partial charge in [-0.25, -0.2) is 0 Å². The molecule has 1 N–H and O–H groups in total. The molecule has 4 heteroatoms. The monoisotopic (exact) mass is 205 g/mol. The number of hydrogen-bond donors (Lipinski definition) is 1. The Kier molecular flexibility index (Phi) is 3.69. The summed E-state index contributed by atoms with van der Waals surface area (Å²) in [6, 6.07) is 8.71. The molecule has 0 aromatic heterocycles. The Bertz CT molecular complexity index is 395. The fourth-order valence-corrected chi connectivity index (χ4v) is 0.971. The third-order valence-electron chi connectivity index (χ3n) is 1.92. The predicted octanol–water partition coefficient (Wildman–Crippen LogP) is 1.66. The van der Waals surface area contributed by atoms with E-state index in [2.05, 4.69) is 0 Å². The summed E-state index contributed by atoms with van der Waals surface area (Å²) < 4.78 is 5.25. The largest absolute Gasteiger partial charge is 0.491 e. The van der Waals surface area contributed by atoms with Crippen LogP contribution in [0, 0.1) is 17.2 Å². The van der Waals surface area contributed by atoms with E-state index in [0.29, 0.717) is 11.3 Å². The molecule has 0 saturated carbocycles. The van der Waals surface area contributed by atoms with Crippen LogP contribution in [0.5, 0.6) is 5.75 Å². The summed E-state index contributed by atoms with van der Waals surface area (Å²) in [4.78, 5) is 10.5. The van der Waals surface area contributed by atoms with Crippen molar-refractivity contribution in [2.45, 2.75) is 6.92 Å². The van der Waals surface area contributed by atoms with Crippen molar-refractivity contribution < 1.29 is 14.6 Å². The Morgan fingerprint density at radius 3 is 2.87 bits per heavy atom. The van der Waals surface area contributed by atoms with Crippen LogP contribution in [0.3, 0.4) is 0 Å². The first-order valence-electron chi connectivity index (χ1n) is 4.50. The first-order valence-corrected chi connectivity index (χ1v) is 4.50. The van der Waals surface area contributed by atoms with Crippen LogP contribution in [0.15, 0.2) is 24.3 Å². The minimum Gasteiger partial charge on any atom is -0.491 e. The van der Waals surface area contributed by atoms with Crippen LogP contribution >= 0.6 is 0 Å². The molecule has 0 spiro atoms. The Balaban J connectivity index is 2.66. The molecule has 0 aliphatic heterocycles. The van der Waals surface area contributed by atoms with E-state index in [1.807, 2.05) is 6.07 Å². The molecule has 15 heavy (non-hydrogen) atoms. The summed E-state index contributed by atoms with van der Waals surface area (Å²) in [5.74, 6) is -1.07. The van der Waals surface area contributed by atoms with E-state index in [1.54, 1.807) is 31.2 Å². The molecule has 1 unspecified atom stereocenters. The van der Waals surface area contributed by atoms with Gasteiger partial charge in [-0.15, -0.1) is 0 Å². The third kappa shape index (κ3) is 2.99. The van der Waals surface area contributed by atoms with E-state index in [0.717, 1.165) is 0 Å². The number of aliphatic carboxylic acids is 1. The number of rotatable bonds is 4. The van der Waals surface area contributed by atoms with E-state index in [1.165, 1.54) is 0 Å². The van der Waals surface area contributed by atoms with E-state index in [4.69, 9.17) is 15.1 Å². The zero-order chi connectivity index (χ0) is 11.3. The van der Waals surface area contributed by atoms with Crippen LogP contribution in [0.4, 0.5) is 0 Å². The number of nitriles is 1. The summed E-state index contributed by atoms with van der Waals surface area (Å²) in [7, 11) is 0. The van der Waals surface area contributed by atoms with Crippen LogP contribution in [0.1, 0.15) is 12.5 Å². The number of para-hydroxylation sites is 1. The van der Waals surface area contributed by atoms with E-state index >= 15 is 0 Å². The highest BCUT2D eigenvalue weighted by molar-refractivity contribution is 5.69. The number of nitrogens with zero attached hydrogens (tertiary/aromatic N) is 1. The van der Waals surface area contributed by atoms with Crippen molar-refractivity contribution in [1.82, 2.24) is 0 Å². The lowest BCUT2D eigenvalue weighted by molar-refractivity contribution is -0.142. The van der Waals surface area contributed by atoms with Crippen molar-refractivity contribution in [2.24, 2.45) is 5.92 Å². The molecule has 0 heterocycles. The molecular weight excluding hydrogens is 194 g/mol. The molecule has 0 bridgehead atoms. The van der Waals surface area contributed by atoms with Gasteiger partial charge in [-0.1, -0.05) is 12.1 Å². The molecule has 0 aliphatic carbocycles. The average molecular weight is 205 g/mol. The van der Waals surface area contributed by atoms with E-state index in [9.17, 15) is 4.79 Å². The average Bonchev–Trinajstić information content (AvgIpc) is 2.26. The fraction of sp³-hybridized carbons (Fsp3) is 0.273. The fourth-order valence-electron chi connectivity index (χ4n) is 0.971. The minimum atomic E-state index is -0.913. The lowest BCUT2D eigenvalue weighted by Gasteiger charge is -2.09. The van der Waals surface area contributed by atoms with E-state index in [-0.39, 0.29) is 6.61 Å². The van der Waals surface area contributed by atoms with Crippen molar-refractivity contribution in [3.63, 3.8) is 0 Å². The van der Waals surface area contributed by atoms with Gasteiger partial charge in [0.05, 0.1) is 11.5 Å². The summed E-state index contributed by atoms with van der Waals surface area (Å²) in [5.41, 5.74) is 0.412. The topological polar surface area (TPSA) is 70.3 Å². The standard InChI is InChI=1S/C11H11NO3/c1-8(11(13)14)7-15-10-5-3-2-4-9(10)6-12/h2-5,8H,7H2,1H3,(H,13,14). The molecule has 0 saturated heterocycles. The molecule has 1 aromatic rings. The number of ether oxygens (including phenoxy) is 1. The molecule has 0 radical (unpaired) electrons. The molecule has 1 rings (SSSR count). The lowest BCUT2D eigenvalue weighted by atomic mass is 10.2. The molecule has 1 atom stereocenters. The molecule has 4 nitrogen and oxygen atoms in total. The highest BCUT2D eigenvalue weighted by Crippen LogP contribution is 2.17. The molecular formula is C11H11NO3. The van der Waals surface area contributed by atoms with Gasteiger partial charge in [0.25, 0.3) is 0 Å². The smallest absolute Gasteiger partial charge is 0.309 e. The van der Waals surface area contributed by atoms with Gasteiger partial charge in [-0.3, -0.25) is 4.79 Å². The van der Waals surface area contributed by atoms with Gasteiger partial charge < -0.3 is 9.84 Å². The first-order chi connectivity index (χ1) is 7.15. The Labute approximate surface area is 87.7 Å². The quantitative estimate of drug-likeness (QED) is 0.811. The minimum absolute atomic E-state index is 0.0635. The summed E-state index contributed by atoms with van der Waals surface area (Å²) in [5, 5.41) is 17.4. The van der Waals surface area contributed by atoms with Gasteiger partial charge >= 0.3 is 5.97 Å².